The molecule has 2 fully saturated rings. The summed E-state index contributed by atoms with van der Waals surface area (Å²) in [6, 6.07) is 13.1. The average molecular weight is 464 g/mol. The Bertz CT molecular complexity index is 1130. The molecule has 5 rings (SSSR count). The van der Waals surface area contributed by atoms with Gasteiger partial charge in [-0.3, -0.25) is 14.5 Å². The van der Waals surface area contributed by atoms with Gasteiger partial charge in [0.25, 0.3) is 0 Å². The van der Waals surface area contributed by atoms with Crippen LogP contribution < -0.4 is 4.74 Å². The Hall–Kier alpha value is -2.88. The summed E-state index contributed by atoms with van der Waals surface area (Å²) < 4.78 is 5.55. The summed E-state index contributed by atoms with van der Waals surface area (Å²) in [6.07, 6.45) is 3.21. The molecule has 3 aliphatic heterocycles. The summed E-state index contributed by atoms with van der Waals surface area (Å²) in [5, 5.41) is 9.62. The number of carbonyl (C=O) groups is 2. The lowest BCUT2D eigenvalue weighted by Gasteiger charge is -2.34. The molecule has 1 atom stereocenters. The van der Waals surface area contributed by atoms with Crippen LogP contribution in [0.15, 0.2) is 36.4 Å². The summed E-state index contributed by atoms with van der Waals surface area (Å²) in [4.78, 5) is 30.2. The molecule has 0 aromatic heterocycles. The topological polar surface area (TPSA) is 73.6 Å². The zero-order valence-corrected chi connectivity index (χ0v) is 19.2. The summed E-state index contributed by atoms with van der Waals surface area (Å²) in [5.41, 5.74) is 3.24. The van der Waals surface area contributed by atoms with E-state index in [4.69, 9.17) is 16.3 Å². The van der Waals surface area contributed by atoms with Crippen molar-refractivity contribution in [1.82, 2.24) is 9.80 Å². The van der Waals surface area contributed by atoms with Crippen molar-refractivity contribution in [2.75, 3.05) is 26.2 Å². The van der Waals surface area contributed by atoms with Crippen molar-refractivity contribution in [3.8, 4) is 11.8 Å². The molecule has 1 amide bonds. The predicted octanol–water partition coefficient (Wildman–Crippen LogP) is 3.84. The number of rotatable bonds is 5. The van der Waals surface area contributed by atoms with Gasteiger partial charge in [0.1, 0.15) is 11.8 Å². The third-order valence-corrected chi connectivity index (χ3v) is 7.44. The number of likely N-dealkylation sites (tertiary alicyclic amines) is 2. The van der Waals surface area contributed by atoms with E-state index in [0.29, 0.717) is 30.3 Å². The van der Waals surface area contributed by atoms with Gasteiger partial charge in [0.2, 0.25) is 5.91 Å². The lowest BCUT2D eigenvalue weighted by molar-refractivity contribution is -0.133. The van der Waals surface area contributed by atoms with E-state index in [0.717, 1.165) is 61.2 Å². The molecule has 170 valence electrons. The van der Waals surface area contributed by atoms with Crippen LogP contribution in [0, 0.1) is 17.2 Å². The first-order chi connectivity index (χ1) is 16.0. The number of piperidine rings is 1. The van der Waals surface area contributed by atoms with Gasteiger partial charge in [0.15, 0.2) is 5.78 Å². The van der Waals surface area contributed by atoms with Crippen molar-refractivity contribution in [2.45, 2.75) is 38.3 Å². The highest BCUT2D eigenvalue weighted by molar-refractivity contribution is 6.31. The molecule has 2 aromatic rings. The lowest BCUT2D eigenvalue weighted by Crippen LogP contribution is -2.46. The number of nitriles is 1. The molecule has 6 nitrogen and oxygen atoms in total. The molecule has 3 aliphatic rings. The van der Waals surface area contributed by atoms with E-state index in [1.165, 1.54) is 0 Å². The maximum absolute atomic E-state index is 13.1. The summed E-state index contributed by atoms with van der Waals surface area (Å²) >= 11 is 6.02. The Kier molecular flexibility index (Phi) is 6.09. The third-order valence-electron chi connectivity index (χ3n) is 7.11. The van der Waals surface area contributed by atoms with E-state index in [9.17, 15) is 14.9 Å². The van der Waals surface area contributed by atoms with Crippen LogP contribution in [-0.2, 0) is 17.8 Å². The third kappa shape index (κ3) is 4.36. The molecule has 0 bridgehead atoms. The van der Waals surface area contributed by atoms with Crippen LogP contribution in [0.3, 0.4) is 0 Å². The van der Waals surface area contributed by atoms with E-state index in [2.05, 4.69) is 11.0 Å². The predicted molar refractivity (Wildman–Crippen MR) is 124 cm³/mol. The van der Waals surface area contributed by atoms with E-state index < -0.39 is 0 Å². The first kappa shape index (κ1) is 21.9. The second-order valence-corrected chi connectivity index (χ2v) is 9.49. The molecular weight excluding hydrogens is 438 g/mol. The highest BCUT2D eigenvalue weighted by Crippen LogP contribution is 2.30. The molecule has 2 saturated heterocycles. The van der Waals surface area contributed by atoms with E-state index in [1.807, 2.05) is 29.2 Å². The minimum absolute atomic E-state index is 0.00713. The quantitative estimate of drug-likeness (QED) is 0.630. The van der Waals surface area contributed by atoms with Gasteiger partial charge in [-0.25, -0.2) is 0 Å². The molecule has 2 aromatic carbocycles. The number of benzene rings is 2. The van der Waals surface area contributed by atoms with Crippen molar-refractivity contribution < 1.29 is 14.3 Å². The second kappa shape index (κ2) is 9.17. The van der Waals surface area contributed by atoms with Gasteiger partial charge in [0.05, 0.1) is 23.2 Å². The first-order valence-electron chi connectivity index (χ1n) is 11.5. The van der Waals surface area contributed by atoms with Crippen LogP contribution in [0.1, 0.15) is 46.3 Å². The SMILES string of the molecule is N#Cc1cc(CN2CCC(N3CCC(C(=O)c4ccc5c(c4)CCO5)CC3)C2=O)ccc1Cl. The largest absolute Gasteiger partial charge is 0.493 e. The van der Waals surface area contributed by atoms with Gasteiger partial charge < -0.3 is 9.64 Å². The van der Waals surface area contributed by atoms with E-state index in [1.54, 1.807) is 12.1 Å². The molecule has 0 aliphatic carbocycles. The van der Waals surface area contributed by atoms with Crippen molar-refractivity contribution >= 4 is 23.3 Å². The van der Waals surface area contributed by atoms with E-state index >= 15 is 0 Å². The Labute approximate surface area is 198 Å². The number of ether oxygens (including phenoxy) is 1. The molecule has 7 heteroatoms. The average Bonchev–Trinajstić information content (AvgIpc) is 3.46. The fraction of sp³-hybridized carbons (Fsp3) is 0.423. The Balaban J connectivity index is 1.17. The molecular formula is C26H26ClN3O3. The van der Waals surface area contributed by atoms with Gasteiger partial charge in [0, 0.05) is 31.0 Å². The molecule has 33 heavy (non-hydrogen) atoms. The van der Waals surface area contributed by atoms with Crippen LogP contribution in [-0.4, -0.2) is 53.8 Å². The van der Waals surface area contributed by atoms with Crippen LogP contribution >= 0.6 is 11.6 Å². The minimum atomic E-state index is -0.124. The van der Waals surface area contributed by atoms with Crippen molar-refractivity contribution in [3.05, 3.63) is 63.7 Å². The number of hydrogen-bond donors (Lipinski definition) is 0. The monoisotopic (exact) mass is 463 g/mol. The fourth-order valence-corrected chi connectivity index (χ4v) is 5.40. The van der Waals surface area contributed by atoms with Crippen LogP contribution in [0.2, 0.25) is 5.02 Å². The maximum Gasteiger partial charge on any atom is 0.240 e. The zero-order valence-electron chi connectivity index (χ0n) is 18.4. The van der Waals surface area contributed by atoms with Gasteiger partial charge in [-0.2, -0.15) is 5.26 Å². The van der Waals surface area contributed by atoms with Crippen molar-refractivity contribution in [1.29, 1.82) is 5.26 Å². The molecule has 0 N–H and O–H groups in total. The number of hydrogen-bond acceptors (Lipinski definition) is 5. The number of nitrogens with zero attached hydrogens (tertiary/aromatic N) is 3. The van der Waals surface area contributed by atoms with Crippen molar-refractivity contribution in [2.24, 2.45) is 5.92 Å². The molecule has 0 saturated carbocycles. The lowest BCUT2D eigenvalue weighted by atomic mass is 9.87. The van der Waals surface area contributed by atoms with Gasteiger partial charge in [-0.15, -0.1) is 0 Å². The molecule has 0 radical (unpaired) electrons. The summed E-state index contributed by atoms with van der Waals surface area (Å²) in [7, 11) is 0. The Morgan fingerprint density at radius 2 is 1.94 bits per heavy atom. The Morgan fingerprint density at radius 3 is 2.73 bits per heavy atom. The van der Waals surface area contributed by atoms with Crippen molar-refractivity contribution in [3.63, 3.8) is 0 Å². The van der Waals surface area contributed by atoms with Gasteiger partial charge in [-0.05, 0) is 73.8 Å². The molecule has 0 spiro atoms. The number of amides is 1. The second-order valence-electron chi connectivity index (χ2n) is 9.09. The summed E-state index contributed by atoms with van der Waals surface area (Å²) in [6.45, 7) is 3.39. The highest BCUT2D eigenvalue weighted by Gasteiger charge is 2.38. The molecule has 1 unspecified atom stereocenters. The highest BCUT2D eigenvalue weighted by atomic mass is 35.5. The van der Waals surface area contributed by atoms with Crippen LogP contribution in [0.4, 0.5) is 0 Å². The Morgan fingerprint density at radius 1 is 1.12 bits per heavy atom. The maximum atomic E-state index is 13.1. The van der Waals surface area contributed by atoms with Gasteiger partial charge in [-0.1, -0.05) is 17.7 Å². The number of Topliss-reactive ketones (excluding diaryl/α,β-unsaturated/α-hetero) is 1. The van der Waals surface area contributed by atoms with Crippen LogP contribution in [0.25, 0.3) is 0 Å². The number of fused-ring (bicyclic) bond motifs is 1. The molecule has 3 heterocycles. The number of carbonyl (C=O) groups excluding carboxylic acids is 2. The summed E-state index contributed by atoms with van der Waals surface area (Å²) in [5.74, 6) is 1.24. The van der Waals surface area contributed by atoms with Gasteiger partial charge >= 0.3 is 0 Å². The van der Waals surface area contributed by atoms with E-state index in [-0.39, 0.29) is 23.7 Å². The first-order valence-corrected chi connectivity index (χ1v) is 11.9. The van der Waals surface area contributed by atoms with Crippen LogP contribution in [0.5, 0.6) is 5.75 Å². The smallest absolute Gasteiger partial charge is 0.240 e. The standard InChI is InChI=1S/C26H26ClN3O3/c27-22-3-1-17(13-21(22)15-28)16-30-11-7-23(26(30)32)29-9-5-18(6-10-29)25(31)20-2-4-24-19(14-20)8-12-33-24/h1-4,13-14,18,23H,5-12,16H2. The minimum Gasteiger partial charge on any atom is -0.493 e. The number of halogens is 1. The number of ketones is 1. The fourth-order valence-electron chi connectivity index (χ4n) is 5.24. The normalized spacial score (nSPS) is 21.0. The zero-order chi connectivity index (χ0) is 22.9.